The molecule has 2 aromatic rings. The minimum atomic E-state index is -0.396. The summed E-state index contributed by atoms with van der Waals surface area (Å²) in [6.07, 6.45) is 5.11. The maximum absolute atomic E-state index is 12.4. The van der Waals surface area contributed by atoms with Crippen molar-refractivity contribution in [3.05, 3.63) is 65.2 Å². The number of hydrogen-bond donors (Lipinski definition) is 1. The van der Waals surface area contributed by atoms with Crippen molar-refractivity contribution in [2.75, 3.05) is 11.4 Å². The molecule has 1 N–H and O–H groups in total. The van der Waals surface area contributed by atoms with Crippen LogP contribution in [0.3, 0.4) is 0 Å². The molecule has 1 heterocycles. The fourth-order valence-electron chi connectivity index (χ4n) is 2.44. The Bertz CT molecular complexity index is 830. The van der Waals surface area contributed by atoms with Crippen LogP contribution >= 0.6 is 0 Å². The first-order valence-corrected chi connectivity index (χ1v) is 6.93. The summed E-state index contributed by atoms with van der Waals surface area (Å²) in [5, 5.41) is 2.54. The summed E-state index contributed by atoms with van der Waals surface area (Å²) >= 11 is 0. The second-order valence-electron chi connectivity index (χ2n) is 4.93. The molecule has 0 spiro atoms. The van der Waals surface area contributed by atoms with Gasteiger partial charge in [-0.05, 0) is 30.3 Å². The molecule has 0 fully saturated rings. The standard InChI is InChI=1S/C18H12N2O3/c1-2-10-19-16(21)12-6-5-7-13(11-12)20-17(22)14-8-3-4-9-15(14)18(20)23/h1,3-9,11H,10H2,(H,19,21). The summed E-state index contributed by atoms with van der Waals surface area (Å²) in [6, 6.07) is 12.9. The molecule has 112 valence electrons. The Labute approximate surface area is 132 Å². The molecule has 0 unspecified atom stereocenters. The lowest BCUT2D eigenvalue weighted by Gasteiger charge is -2.14. The molecular weight excluding hydrogens is 292 g/mol. The minimum absolute atomic E-state index is 0.107. The molecule has 1 aliphatic rings. The second-order valence-corrected chi connectivity index (χ2v) is 4.93. The normalized spacial score (nSPS) is 12.7. The van der Waals surface area contributed by atoms with Crippen molar-refractivity contribution in [1.82, 2.24) is 5.32 Å². The van der Waals surface area contributed by atoms with E-state index in [4.69, 9.17) is 6.42 Å². The number of carbonyl (C=O) groups is 3. The van der Waals surface area contributed by atoms with Crippen molar-refractivity contribution < 1.29 is 14.4 Å². The first kappa shape index (κ1) is 14.5. The Kier molecular flexibility index (Phi) is 3.65. The minimum Gasteiger partial charge on any atom is -0.341 e. The van der Waals surface area contributed by atoms with E-state index in [1.54, 1.807) is 42.5 Å². The average molecular weight is 304 g/mol. The summed E-state index contributed by atoms with van der Waals surface area (Å²) < 4.78 is 0. The predicted molar refractivity (Wildman–Crippen MR) is 85.2 cm³/mol. The number of anilines is 1. The van der Waals surface area contributed by atoms with Crippen LogP contribution in [0, 0.1) is 12.3 Å². The number of fused-ring (bicyclic) bond motifs is 1. The smallest absolute Gasteiger partial charge is 0.266 e. The molecule has 0 aromatic heterocycles. The van der Waals surface area contributed by atoms with Gasteiger partial charge >= 0.3 is 0 Å². The first-order valence-electron chi connectivity index (χ1n) is 6.93. The van der Waals surface area contributed by atoms with Gasteiger partial charge in [0.2, 0.25) is 0 Å². The topological polar surface area (TPSA) is 66.5 Å². The lowest BCUT2D eigenvalue weighted by molar-refractivity contribution is 0.0920. The lowest BCUT2D eigenvalue weighted by atomic mass is 10.1. The highest BCUT2D eigenvalue weighted by molar-refractivity contribution is 6.34. The Morgan fingerprint density at radius 1 is 1.04 bits per heavy atom. The van der Waals surface area contributed by atoms with E-state index in [1.807, 2.05) is 0 Å². The van der Waals surface area contributed by atoms with Gasteiger partial charge in [0.25, 0.3) is 17.7 Å². The molecule has 0 saturated carbocycles. The highest BCUT2D eigenvalue weighted by atomic mass is 16.2. The first-order chi connectivity index (χ1) is 11.1. The fourth-order valence-corrected chi connectivity index (χ4v) is 2.44. The number of benzene rings is 2. The highest BCUT2D eigenvalue weighted by Gasteiger charge is 2.36. The quantitative estimate of drug-likeness (QED) is 0.695. The Morgan fingerprint density at radius 3 is 2.30 bits per heavy atom. The molecule has 2 aromatic carbocycles. The van der Waals surface area contributed by atoms with Crippen LogP contribution in [0.4, 0.5) is 5.69 Å². The van der Waals surface area contributed by atoms with Crippen molar-refractivity contribution in [2.24, 2.45) is 0 Å². The summed E-state index contributed by atoms with van der Waals surface area (Å²) in [5.74, 6) is 1.16. The Hall–Kier alpha value is -3.39. The third-order valence-electron chi connectivity index (χ3n) is 3.51. The second kappa shape index (κ2) is 5.78. The van der Waals surface area contributed by atoms with Crippen LogP contribution in [0.5, 0.6) is 0 Å². The molecule has 5 nitrogen and oxygen atoms in total. The zero-order valence-electron chi connectivity index (χ0n) is 12.1. The van der Waals surface area contributed by atoms with Gasteiger partial charge in [0, 0.05) is 5.56 Å². The van der Waals surface area contributed by atoms with E-state index in [1.165, 1.54) is 6.07 Å². The van der Waals surface area contributed by atoms with Gasteiger partial charge in [0.1, 0.15) is 0 Å². The molecule has 3 amide bonds. The molecule has 0 atom stereocenters. The van der Waals surface area contributed by atoms with E-state index in [2.05, 4.69) is 11.2 Å². The van der Waals surface area contributed by atoms with Gasteiger partial charge in [-0.25, -0.2) is 4.90 Å². The van der Waals surface area contributed by atoms with Crippen LogP contribution < -0.4 is 10.2 Å². The van der Waals surface area contributed by atoms with Crippen LogP contribution in [0.25, 0.3) is 0 Å². The number of imide groups is 1. The molecule has 0 saturated heterocycles. The summed E-state index contributed by atoms with van der Waals surface area (Å²) in [4.78, 5) is 37.9. The summed E-state index contributed by atoms with van der Waals surface area (Å²) in [5.41, 5.74) is 1.40. The van der Waals surface area contributed by atoms with E-state index in [0.717, 1.165) is 4.90 Å². The number of terminal acetylenes is 1. The summed E-state index contributed by atoms with van der Waals surface area (Å²) in [7, 11) is 0. The Morgan fingerprint density at radius 2 is 1.70 bits per heavy atom. The van der Waals surface area contributed by atoms with Gasteiger partial charge in [-0.2, -0.15) is 0 Å². The summed E-state index contributed by atoms with van der Waals surface area (Å²) in [6.45, 7) is 0.107. The van der Waals surface area contributed by atoms with Gasteiger partial charge in [0.15, 0.2) is 0 Å². The van der Waals surface area contributed by atoms with E-state index in [9.17, 15) is 14.4 Å². The molecule has 3 rings (SSSR count). The average Bonchev–Trinajstić information content (AvgIpc) is 2.84. The van der Waals surface area contributed by atoms with Crippen LogP contribution in [0.1, 0.15) is 31.1 Å². The third kappa shape index (κ3) is 2.47. The van der Waals surface area contributed by atoms with Gasteiger partial charge in [-0.3, -0.25) is 14.4 Å². The van der Waals surface area contributed by atoms with Gasteiger partial charge in [0.05, 0.1) is 23.4 Å². The van der Waals surface area contributed by atoms with Crippen molar-refractivity contribution in [2.45, 2.75) is 0 Å². The third-order valence-corrected chi connectivity index (χ3v) is 3.51. The Balaban J connectivity index is 1.95. The number of nitrogens with zero attached hydrogens (tertiary/aromatic N) is 1. The van der Waals surface area contributed by atoms with E-state index in [-0.39, 0.29) is 12.5 Å². The van der Waals surface area contributed by atoms with Gasteiger partial charge in [-0.15, -0.1) is 6.42 Å². The van der Waals surface area contributed by atoms with E-state index < -0.39 is 11.8 Å². The number of amides is 3. The van der Waals surface area contributed by atoms with Crippen molar-refractivity contribution in [3.8, 4) is 12.3 Å². The van der Waals surface area contributed by atoms with Gasteiger partial charge < -0.3 is 5.32 Å². The molecule has 0 aliphatic carbocycles. The largest absolute Gasteiger partial charge is 0.341 e. The molecular formula is C18H12N2O3. The predicted octanol–water partition coefficient (Wildman–Crippen LogP) is 1.85. The lowest BCUT2D eigenvalue weighted by Crippen LogP contribution is -2.30. The molecule has 23 heavy (non-hydrogen) atoms. The monoisotopic (exact) mass is 304 g/mol. The van der Waals surface area contributed by atoms with Crippen molar-refractivity contribution in [3.63, 3.8) is 0 Å². The number of carbonyl (C=O) groups excluding carboxylic acids is 3. The fraction of sp³-hybridized carbons (Fsp3) is 0.0556. The van der Waals surface area contributed by atoms with Crippen LogP contribution in [-0.4, -0.2) is 24.3 Å². The molecule has 5 heteroatoms. The number of rotatable bonds is 3. The SMILES string of the molecule is C#CCNC(=O)c1cccc(N2C(=O)c3ccccc3C2=O)c1. The van der Waals surface area contributed by atoms with Crippen LogP contribution in [-0.2, 0) is 0 Å². The zero-order valence-corrected chi connectivity index (χ0v) is 12.1. The maximum Gasteiger partial charge on any atom is 0.266 e. The van der Waals surface area contributed by atoms with Crippen LogP contribution in [0.15, 0.2) is 48.5 Å². The number of hydrogen-bond acceptors (Lipinski definition) is 3. The molecule has 1 aliphatic heterocycles. The van der Waals surface area contributed by atoms with E-state index >= 15 is 0 Å². The number of nitrogens with one attached hydrogen (secondary N) is 1. The van der Waals surface area contributed by atoms with E-state index in [0.29, 0.717) is 22.4 Å². The van der Waals surface area contributed by atoms with Crippen molar-refractivity contribution in [1.29, 1.82) is 0 Å². The maximum atomic E-state index is 12.4. The van der Waals surface area contributed by atoms with Crippen LogP contribution in [0.2, 0.25) is 0 Å². The zero-order chi connectivity index (χ0) is 16.4. The molecule has 0 radical (unpaired) electrons. The van der Waals surface area contributed by atoms with Gasteiger partial charge in [-0.1, -0.05) is 24.1 Å². The van der Waals surface area contributed by atoms with Crippen molar-refractivity contribution >= 4 is 23.4 Å². The molecule has 0 bridgehead atoms. The highest BCUT2D eigenvalue weighted by Crippen LogP contribution is 2.28.